The molecule has 26 heavy (non-hydrogen) atoms. The predicted molar refractivity (Wildman–Crippen MR) is 94.2 cm³/mol. The minimum atomic E-state index is -0.431. The number of para-hydroxylation sites is 2. The number of carbonyl (C=O) groups excluding carboxylic acids is 3. The van der Waals surface area contributed by atoms with E-state index >= 15 is 0 Å². The largest absolute Gasteiger partial charge is 0.447 e. The number of benzene rings is 1. The molecule has 3 rings (SSSR count). The molecule has 4 amide bonds. The predicted octanol–water partition coefficient (Wildman–Crippen LogP) is 1.01. The van der Waals surface area contributed by atoms with Gasteiger partial charge in [0.15, 0.2) is 0 Å². The van der Waals surface area contributed by atoms with Crippen molar-refractivity contribution in [3.8, 4) is 0 Å². The zero-order valence-corrected chi connectivity index (χ0v) is 14.6. The molecular formula is C17H22N4O5. The standard InChI is InChI=1S/C17H22N4O5/c1-12(22)20-6-8-25-13(11-20)10-18-16(23)19-14-4-2-3-5-15(14)21-7-9-26-17(21)24/h2-5,13H,6-11H2,1H3,(H2,18,19,23)/t13-/m0/s1. The van der Waals surface area contributed by atoms with E-state index in [9.17, 15) is 14.4 Å². The number of cyclic esters (lactones) is 1. The smallest absolute Gasteiger partial charge is 0.414 e. The lowest BCUT2D eigenvalue weighted by atomic mass is 10.2. The van der Waals surface area contributed by atoms with Gasteiger partial charge in [-0.2, -0.15) is 0 Å². The summed E-state index contributed by atoms with van der Waals surface area (Å²) in [5.74, 6) is -0.00539. The second kappa shape index (κ2) is 8.05. The number of urea groups is 1. The summed E-state index contributed by atoms with van der Waals surface area (Å²) in [6, 6.07) is 6.62. The fraction of sp³-hybridized carbons (Fsp3) is 0.471. The molecule has 2 N–H and O–H groups in total. The molecule has 9 nitrogen and oxygen atoms in total. The van der Waals surface area contributed by atoms with Gasteiger partial charge < -0.3 is 25.0 Å². The molecule has 0 radical (unpaired) electrons. The van der Waals surface area contributed by atoms with Crippen LogP contribution in [0.5, 0.6) is 0 Å². The number of rotatable bonds is 4. The molecule has 2 aliphatic rings. The first kappa shape index (κ1) is 18.0. The average molecular weight is 362 g/mol. The Bertz CT molecular complexity index is 695. The highest BCUT2D eigenvalue weighted by atomic mass is 16.6. The molecule has 2 fully saturated rings. The topological polar surface area (TPSA) is 100 Å². The Morgan fingerprint density at radius 3 is 2.77 bits per heavy atom. The van der Waals surface area contributed by atoms with E-state index < -0.39 is 12.1 Å². The van der Waals surface area contributed by atoms with E-state index in [1.165, 1.54) is 11.8 Å². The van der Waals surface area contributed by atoms with Crippen molar-refractivity contribution in [3.63, 3.8) is 0 Å². The van der Waals surface area contributed by atoms with Crippen LogP contribution in [0.4, 0.5) is 21.0 Å². The van der Waals surface area contributed by atoms with Crippen molar-refractivity contribution in [2.75, 3.05) is 49.6 Å². The first-order valence-electron chi connectivity index (χ1n) is 8.50. The summed E-state index contributed by atoms with van der Waals surface area (Å²) in [6.07, 6.45) is -0.679. The Hall–Kier alpha value is -2.81. The number of anilines is 2. The molecule has 1 aromatic carbocycles. The van der Waals surface area contributed by atoms with Crippen LogP contribution in [0.1, 0.15) is 6.92 Å². The highest BCUT2D eigenvalue weighted by Crippen LogP contribution is 2.27. The monoisotopic (exact) mass is 362 g/mol. The number of hydrogen-bond acceptors (Lipinski definition) is 5. The Labute approximate surface area is 151 Å². The maximum Gasteiger partial charge on any atom is 0.414 e. The van der Waals surface area contributed by atoms with E-state index in [1.807, 2.05) is 0 Å². The Morgan fingerprint density at radius 2 is 2.04 bits per heavy atom. The maximum atomic E-state index is 12.2. The Morgan fingerprint density at radius 1 is 1.23 bits per heavy atom. The van der Waals surface area contributed by atoms with Crippen molar-refractivity contribution in [1.29, 1.82) is 0 Å². The third kappa shape index (κ3) is 4.23. The van der Waals surface area contributed by atoms with Crippen LogP contribution in [0.25, 0.3) is 0 Å². The van der Waals surface area contributed by atoms with E-state index in [2.05, 4.69) is 10.6 Å². The van der Waals surface area contributed by atoms with Gasteiger partial charge in [-0.05, 0) is 12.1 Å². The molecule has 0 saturated carbocycles. The van der Waals surface area contributed by atoms with Gasteiger partial charge in [-0.1, -0.05) is 12.1 Å². The van der Waals surface area contributed by atoms with Crippen LogP contribution in [0.2, 0.25) is 0 Å². The summed E-state index contributed by atoms with van der Waals surface area (Å²) in [7, 11) is 0. The van der Waals surface area contributed by atoms with Crippen molar-refractivity contribution < 1.29 is 23.9 Å². The fourth-order valence-corrected chi connectivity index (χ4v) is 2.93. The van der Waals surface area contributed by atoms with Gasteiger partial charge in [-0.3, -0.25) is 9.69 Å². The molecule has 2 saturated heterocycles. The normalized spacial score (nSPS) is 19.9. The molecule has 0 aromatic heterocycles. The minimum Gasteiger partial charge on any atom is -0.447 e. The third-order valence-corrected chi connectivity index (χ3v) is 4.28. The van der Waals surface area contributed by atoms with Gasteiger partial charge in [0.25, 0.3) is 0 Å². The zero-order valence-electron chi connectivity index (χ0n) is 14.6. The molecule has 2 aliphatic heterocycles. The molecule has 1 aromatic rings. The molecule has 0 aliphatic carbocycles. The van der Waals surface area contributed by atoms with Gasteiger partial charge in [0.1, 0.15) is 6.61 Å². The second-order valence-electron chi connectivity index (χ2n) is 6.08. The van der Waals surface area contributed by atoms with Gasteiger partial charge in [-0.15, -0.1) is 0 Å². The summed E-state index contributed by atoms with van der Waals surface area (Å²) in [6.45, 7) is 4.03. The molecular weight excluding hydrogens is 340 g/mol. The third-order valence-electron chi connectivity index (χ3n) is 4.28. The molecule has 1 atom stereocenters. The van der Waals surface area contributed by atoms with Crippen molar-refractivity contribution in [2.24, 2.45) is 0 Å². The summed E-state index contributed by atoms with van der Waals surface area (Å²) in [5.41, 5.74) is 1.10. The van der Waals surface area contributed by atoms with Gasteiger partial charge in [-0.25, -0.2) is 9.59 Å². The molecule has 0 bridgehead atoms. The molecule has 9 heteroatoms. The van der Waals surface area contributed by atoms with E-state index in [0.29, 0.717) is 44.2 Å². The van der Waals surface area contributed by atoms with Gasteiger partial charge >= 0.3 is 12.1 Å². The molecule has 140 valence electrons. The number of nitrogens with zero attached hydrogens (tertiary/aromatic N) is 2. The quantitative estimate of drug-likeness (QED) is 0.833. The average Bonchev–Trinajstić information content (AvgIpc) is 3.06. The van der Waals surface area contributed by atoms with Crippen LogP contribution in [0.15, 0.2) is 24.3 Å². The SMILES string of the molecule is CC(=O)N1CCO[C@@H](CNC(=O)Nc2ccccc2N2CCOC2=O)C1. The summed E-state index contributed by atoms with van der Waals surface area (Å²) >= 11 is 0. The first-order chi connectivity index (χ1) is 12.5. The van der Waals surface area contributed by atoms with Gasteiger partial charge in [0.2, 0.25) is 5.91 Å². The highest BCUT2D eigenvalue weighted by molar-refractivity contribution is 5.98. The van der Waals surface area contributed by atoms with E-state index in [4.69, 9.17) is 9.47 Å². The lowest BCUT2D eigenvalue weighted by molar-refractivity contribution is -0.136. The van der Waals surface area contributed by atoms with Crippen molar-refractivity contribution in [1.82, 2.24) is 10.2 Å². The van der Waals surface area contributed by atoms with Crippen LogP contribution < -0.4 is 15.5 Å². The first-order valence-corrected chi connectivity index (χ1v) is 8.50. The van der Waals surface area contributed by atoms with Gasteiger partial charge in [0, 0.05) is 26.6 Å². The van der Waals surface area contributed by atoms with Crippen LogP contribution >= 0.6 is 0 Å². The number of carbonyl (C=O) groups is 3. The van der Waals surface area contributed by atoms with Crippen LogP contribution in [0.3, 0.4) is 0 Å². The second-order valence-corrected chi connectivity index (χ2v) is 6.08. The van der Waals surface area contributed by atoms with E-state index in [1.54, 1.807) is 29.2 Å². The molecule has 0 spiro atoms. The maximum absolute atomic E-state index is 12.2. The molecule has 2 heterocycles. The van der Waals surface area contributed by atoms with Crippen LogP contribution in [-0.2, 0) is 14.3 Å². The number of morpholine rings is 1. The van der Waals surface area contributed by atoms with E-state index in [0.717, 1.165) is 0 Å². The number of ether oxygens (including phenoxy) is 2. The number of amides is 4. The number of nitrogens with one attached hydrogen (secondary N) is 2. The fourth-order valence-electron chi connectivity index (χ4n) is 2.93. The lowest BCUT2D eigenvalue weighted by Gasteiger charge is -2.32. The Balaban J connectivity index is 1.55. The Kier molecular flexibility index (Phi) is 5.57. The summed E-state index contributed by atoms with van der Waals surface area (Å²) in [4.78, 5) is 38.6. The van der Waals surface area contributed by atoms with Gasteiger partial charge in [0.05, 0.1) is 30.6 Å². The minimum absolute atomic E-state index is 0.00539. The van der Waals surface area contributed by atoms with Crippen LogP contribution in [-0.4, -0.2) is 68.4 Å². The van der Waals surface area contributed by atoms with Crippen molar-refractivity contribution >= 4 is 29.4 Å². The van der Waals surface area contributed by atoms with E-state index in [-0.39, 0.29) is 18.6 Å². The van der Waals surface area contributed by atoms with Crippen molar-refractivity contribution in [3.05, 3.63) is 24.3 Å². The summed E-state index contributed by atoms with van der Waals surface area (Å²) < 4.78 is 10.5. The summed E-state index contributed by atoms with van der Waals surface area (Å²) in [5, 5.41) is 5.49. The lowest BCUT2D eigenvalue weighted by Crippen LogP contribution is -2.49. The molecule has 0 unspecified atom stereocenters. The van der Waals surface area contributed by atoms with Crippen molar-refractivity contribution in [2.45, 2.75) is 13.0 Å². The zero-order chi connectivity index (χ0) is 18.5. The van der Waals surface area contributed by atoms with Crippen LogP contribution in [0, 0.1) is 0 Å². The highest BCUT2D eigenvalue weighted by Gasteiger charge is 2.26. The number of hydrogen-bond donors (Lipinski definition) is 2.